The Hall–Kier alpha value is -3.30. The lowest BCUT2D eigenvalue weighted by Crippen LogP contribution is -2.45. The number of para-hydroxylation sites is 1. The zero-order valence-corrected chi connectivity index (χ0v) is 25.3. The van der Waals surface area contributed by atoms with Crippen LogP contribution in [0.5, 0.6) is 0 Å². The van der Waals surface area contributed by atoms with Gasteiger partial charge >= 0.3 is 0 Å². The summed E-state index contributed by atoms with van der Waals surface area (Å²) in [5.74, 6) is -1.60. The molecule has 0 unspecified atom stereocenters. The number of amides is 3. The molecule has 0 radical (unpaired) electrons. The van der Waals surface area contributed by atoms with Gasteiger partial charge in [-0.2, -0.15) is 0 Å². The summed E-state index contributed by atoms with van der Waals surface area (Å²) in [5.41, 5.74) is -0.0531. The quantitative estimate of drug-likeness (QED) is 0.504. The second-order valence-corrected chi connectivity index (χ2v) is 13.1. The number of alkyl halides is 1. The lowest BCUT2D eigenvalue weighted by molar-refractivity contribution is -0.150. The number of carbonyl (C=O) groups excluding carboxylic acids is 3. The first-order chi connectivity index (χ1) is 20.6. The van der Waals surface area contributed by atoms with E-state index in [-0.39, 0.29) is 43.3 Å². The molecule has 4 heterocycles. The Bertz CT molecular complexity index is 1410. The van der Waals surface area contributed by atoms with E-state index in [1.807, 2.05) is 60.4 Å². The van der Waals surface area contributed by atoms with Gasteiger partial charge in [0.25, 0.3) is 5.91 Å². The van der Waals surface area contributed by atoms with Gasteiger partial charge in [0, 0.05) is 42.6 Å². The average molecular weight is 592 g/mol. The lowest BCUT2D eigenvalue weighted by atomic mass is 9.71. The van der Waals surface area contributed by atoms with E-state index in [1.165, 1.54) is 13.8 Å². The Morgan fingerprint density at radius 1 is 1.09 bits per heavy atom. The summed E-state index contributed by atoms with van der Waals surface area (Å²) in [4.78, 5) is 45.8. The first kappa shape index (κ1) is 29.8. The molecule has 0 bridgehead atoms. The van der Waals surface area contributed by atoms with Gasteiger partial charge in [0.1, 0.15) is 5.67 Å². The normalized spacial score (nSPS) is 29.2. The van der Waals surface area contributed by atoms with Crippen molar-refractivity contribution in [2.45, 2.75) is 89.3 Å². The number of ether oxygens (including phenoxy) is 1. The Labute approximate surface area is 252 Å². The summed E-state index contributed by atoms with van der Waals surface area (Å²) in [6, 6.07) is 15.0. The minimum absolute atomic E-state index is 0.0536. The molecule has 4 aliphatic rings. The van der Waals surface area contributed by atoms with Gasteiger partial charge < -0.3 is 24.5 Å². The fraction of sp³-hybridized carbons (Fsp3) is 0.559. The summed E-state index contributed by atoms with van der Waals surface area (Å²) < 4.78 is 22.7. The monoisotopic (exact) mass is 591 g/mol. The van der Waals surface area contributed by atoms with Gasteiger partial charge in [-0.1, -0.05) is 37.3 Å². The number of hydrogen-bond donors (Lipinski definition) is 1. The highest BCUT2D eigenvalue weighted by molar-refractivity contribution is 6.07. The van der Waals surface area contributed by atoms with E-state index in [1.54, 1.807) is 9.80 Å². The fourth-order valence-electron chi connectivity index (χ4n) is 8.09. The summed E-state index contributed by atoms with van der Waals surface area (Å²) in [6.45, 7) is 6.25. The summed E-state index contributed by atoms with van der Waals surface area (Å²) in [5, 5.41) is 9.78. The van der Waals surface area contributed by atoms with Crippen LogP contribution in [0.4, 0.5) is 15.8 Å². The van der Waals surface area contributed by atoms with Crippen LogP contribution in [0.2, 0.25) is 0 Å². The number of rotatable bonds is 7. The van der Waals surface area contributed by atoms with Crippen LogP contribution in [-0.2, 0) is 31.3 Å². The lowest BCUT2D eigenvalue weighted by Gasteiger charge is -2.33. The number of halogens is 1. The molecular formula is C34H42FN3O5. The van der Waals surface area contributed by atoms with Crippen molar-refractivity contribution in [2.24, 2.45) is 11.8 Å². The van der Waals surface area contributed by atoms with Gasteiger partial charge in [-0.3, -0.25) is 14.4 Å². The van der Waals surface area contributed by atoms with Gasteiger partial charge in [-0.15, -0.1) is 0 Å². The maximum atomic E-state index is 16.0. The van der Waals surface area contributed by atoms with Crippen LogP contribution in [0.1, 0.15) is 70.4 Å². The number of anilines is 2. The molecule has 3 saturated heterocycles. The summed E-state index contributed by atoms with van der Waals surface area (Å²) in [6.07, 6.45) is 3.08. The predicted molar refractivity (Wildman–Crippen MR) is 161 cm³/mol. The highest BCUT2D eigenvalue weighted by atomic mass is 19.1. The van der Waals surface area contributed by atoms with Gasteiger partial charge in [0.05, 0.1) is 37.4 Å². The van der Waals surface area contributed by atoms with Crippen LogP contribution in [0.15, 0.2) is 48.5 Å². The molecule has 0 aliphatic carbocycles. The van der Waals surface area contributed by atoms with Gasteiger partial charge in [0.2, 0.25) is 11.8 Å². The van der Waals surface area contributed by atoms with Crippen molar-refractivity contribution >= 4 is 29.1 Å². The number of piperidine rings is 1. The fourth-order valence-corrected chi connectivity index (χ4v) is 8.09. The molecule has 0 saturated carbocycles. The maximum absolute atomic E-state index is 16.0. The second kappa shape index (κ2) is 11.3. The number of nitrogens with zero attached hydrogens (tertiary/aromatic N) is 3. The van der Waals surface area contributed by atoms with Crippen LogP contribution in [-0.4, -0.2) is 65.2 Å². The highest BCUT2D eigenvalue weighted by Crippen LogP contribution is 2.58. The third kappa shape index (κ3) is 5.04. The SMILES string of the molecule is C[C@H]1[C@H](C(C)(C)F)[C@@H](CC(=O)N2CCC[C@H]2CO)O[C@]12C(=O)N(Cc1cccc(N3CCCCC3=O)c1)c1ccccc12. The Morgan fingerprint density at radius 3 is 2.63 bits per heavy atom. The van der Waals surface area contributed by atoms with E-state index >= 15 is 4.39 Å². The molecule has 8 nitrogen and oxygen atoms in total. The van der Waals surface area contributed by atoms with E-state index in [9.17, 15) is 19.5 Å². The van der Waals surface area contributed by atoms with Crippen LogP contribution in [0.3, 0.4) is 0 Å². The molecule has 1 spiro atoms. The zero-order valence-electron chi connectivity index (χ0n) is 25.3. The third-order valence-corrected chi connectivity index (χ3v) is 10.0. The Balaban J connectivity index is 1.32. The Kier molecular flexibility index (Phi) is 7.84. The van der Waals surface area contributed by atoms with Crippen LogP contribution in [0.25, 0.3) is 0 Å². The molecule has 6 rings (SSSR count). The zero-order chi connectivity index (χ0) is 30.5. The van der Waals surface area contributed by atoms with Crippen molar-refractivity contribution in [1.29, 1.82) is 0 Å². The van der Waals surface area contributed by atoms with Gasteiger partial charge in [-0.25, -0.2) is 4.39 Å². The summed E-state index contributed by atoms with van der Waals surface area (Å²) >= 11 is 0. The van der Waals surface area contributed by atoms with Gasteiger partial charge in [-0.05, 0) is 63.3 Å². The molecule has 2 aromatic rings. The highest BCUT2D eigenvalue weighted by Gasteiger charge is 2.66. The molecule has 3 fully saturated rings. The molecule has 2 aromatic carbocycles. The number of hydrogen-bond acceptors (Lipinski definition) is 5. The first-order valence-electron chi connectivity index (χ1n) is 15.6. The number of aliphatic hydroxyl groups is 1. The number of fused-ring (bicyclic) bond motifs is 2. The summed E-state index contributed by atoms with van der Waals surface area (Å²) in [7, 11) is 0. The van der Waals surface area contributed by atoms with Crippen LogP contribution < -0.4 is 9.80 Å². The number of aliphatic hydroxyl groups excluding tert-OH is 1. The number of likely N-dealkylation sites (tertiary alicyclic amines) is 1. The second-order valence-electron chi connectivity index (χ2n) is 13.1. The smallest absolute Gasteiger partial charge is 0.264 e. The third-order valence-electron chi connectivity index (χ3n) is 10.0. The molecule has 5 atom stereocenters. The van der Waals surface area contributed by atoms with Crippen molar-refractivity contribution in [2.75, 3.05) is 29.5 Å². The van der Waals surface area contributed by atoms with Crippen LogP contribution >= 0.6 is 0 Å². The van der Waals surface area contributed by atoms with E-state index in [4.69, 9.17) is 4.74 Å². The average Bonchev–Trinajstić information content (AvgIpc) is 3.64. The number of benzene rings is 2. The minimum atomic E-state index is -1.72. The van der Waals surface area contributed by atoms with Crippen LogP contribution in [0, 0.1) is 11.8 Å². The maximum Gasteiger partial charge on any atom is 0.264 e. The largest absolute Gasteiger partial charge is 0.394 e. The van der Waals surface area contributed by atoms with Crippen molar-refractivity contribution in [3.8, 4) is 0 Å². The van der Waals surface area contributed by atoms with E-state index in [0.717, 1.165) is 36.9 Å². The molecular weight excluding hydrogens is 549 g/mol. The predicted octanol–water partition coefficient (Wildman–Crippen LogP) is 4.72. The number of carbonyl (C=O) groups is 3. The molecule has 0 aromatic heterocycles. The standard InChI is InChI=1S/C34H42FN3O5/c1-22-31(33(2,3)35)28(19-30(41)37-17-9-12-25(37)21-39)43-34(22)26-13-4-5-14-27(26)38(32(34)42)20-23-10-8-11-24(18-23)36-16-7-6-15-29(36)40/h4-5,8,10-11,13-14,18,22,25,28,31,39H,6-7,9,12,15-17,19-21H2,1-3H3/t22-,25-,28+,31-,34+/m0/s1. The van der Waals surface area contributed by atoms with Gasteiger partial charge in [0.15, 0.2) is 5.60 Å². The van der Waals surface area contributed by atoms with Crippen molar-refractivity contribution < 1.29 is 28.6 Å². The molecule has 3 amide bonds. The molecule has 230 valence electrons. The van der Waals surface area contributed by atoms with Crippen molar-refractivity contribution in [3.05, 3.63) is 59.7 Å². The Morgan fingerprint density at radius 2 is 1.88 bits per heavy atom. The van der Waals surface area contributed by atoms with E-state index in [2.05, 4.69) is 0 Å². The molecule has 4 aliphatic heterocycles. The topological polar surface area (TPSA) is 90.4 Å². The molecule has 9 heteroatoms. The van der Waals surface area contributed by atoms with E-state index < -0.39 is 29.2 Å². The first-order valence-corrected chi connectivity index (χ1v) is 15.6. The minimum Gasteiger partial charge on any atom is -0.394 e. The van der Waals surface area contributed by atoms with Crippen molar-refractivity contribution in [1.82, 2.24) is 4.90 Å². The molecule has 1 N–H and O–H groups in total. The van der Waals surface area contributed by atoms with Crippen molar-refractivity contribution in [3.63, 3.8) is 0 Å². The molecule has 43 heavy (non-hydrogen) atoms. The van der Waals surface area contributed by atoms with E-state index in [0.29, 0.717) is 30.8 Å².